The third kappa shape index (κ3) is 3.32. The van der Waals surface area contributed by atoms with E-state index >= 15 is 0 Å². The summed E-state index contributed by atoms with van der Waals surface area (Å²) in [7, 11) is -2.29. The molecular weight excluding hydrogens is 410 g/mol. The highest BCUT2D eigenvalue weighted by atomic mass is 35.5. The molecule has 0 aromatic heterocycles. The number of aliphatic imine (C=N–C) groups is 1. The van der Waals surface area contributed by atoms with E-state index in [0.717, 1.165) is 5.56 Å². The number of carbonyl (C=O) groups excluding carboxylic acids is 1. The average Bonchev–Trinajstić information content (AvgIpc) is 3.24. The Morgan fingerprint density at radius 2 is 1.86 bits per heavy atom. The van der Waals surface area contributed by atoms with Crippen LogP contribution in [0.2, 0.25) is 18.1 Å². The lowest BCUT2D eigenvalue weighted by atomic mass is 9.88. The van der Waals surface area contributed by atoms with E-state index in [1.54, 1.807) is 0 Å². The van der Waals surface area contributed by atoms with Crippen molar-refractivity contribution in [3.05, 3.63) is 35.9 Å². The van der Waals surface area contributed by atoms with Crippen molar-refractivity contribution in [1.82, 2.24) is 0 Å². The average molecular weight is 438 g/mol. The highest BCUT2D eigenvalue weighted by Gasteiger charge is 2.73. The maximum atomic E-state index is 11.9. The van der Waals surface area contributed by atoms with Crippen LogP contribution < -0.4 is 0 Å². The van der Waals surface area contributed by atoms with Gasteiger partial charge >= 0.3 is 5.97 Å². The molecule has 29 heavy (non-hydrogen) atoms. The summed E-state index contributed by atoms with van der Waals surface area (Å²) >= 11 is 7.11. The molecule has 4 rings (SSSR count). The van der Waals surface area contributed by atoms with Crippen LogP contribution in [0.5, 0.6) is 0 Å². The van der Waals surface area contributed by atoms with Crippen LogP contribution in [0.3, 0.4) is 0 Å². The lowest BCUT2D eigenvalue weighted by Gasteiger charge is -2.46. The van der Waals surface area contributed by atoms with Gasteiger partial charge in [0, 0.05) is 12.5 Å². The van der Waals surface area contributed by atoms with E-state index in [1.807, 2.05) is 30.3 Å². The minimum absolute atomic E-state index is 0.0703. The molecule has 0 saturated carbocycles. The van der Waals surface area contributed by atoms with Crippen molar-refractivity contribution in [1.29, 1.82) is 0 Å². The maximum Gasteiger partial charge on any atom is 0.303 e. The summed E-state index contributed by atoms with van der Waals surface area (Å²) in [5.41, 5.74) is 0.899. The number of fused-ring (bicyclic) bond motifs is 5. The lowest BCUT2D eigenvalue weighted by molar-refractivity contribution is -0.157. The van der Waals surface area contributed by atoms with Crippen LogP contribution in [0, 0.1) is 0 Å². The SMILES string of the molecule is CC(=O)O[C@H]1[C@H]2O[C@H]([C@@H]3OC(c4ccccc4)=N[C@@H]32)[C@]1(Cl)O[Si](C)(C)C(C)(C)C. The molecule has 2 saturated heterocycles. The number of hydrogen-bond donors (Lipinski definition) is 0. The molecule has 3 aliphatic rings. The van der Waals surface area contributed by atoms with Crippen LogP contribution in [0.25, 0.3) is 0 Å². The van der Waals surface area contributed by atoms with Crippen LogP contribution >= 0.6 is 11.6 Å². The largest absolute Gasteiger partial charge is 0.469 e. The monoisotopic (exact) mass is 437 g/mol. The van der Waals surface area contributed by atoms with Crippen LogP contribution in [-0.2, 0) is 23.4 Å². The third-order valence-corrected chi connectivity index (χ3v) is 11.5. The third-order valence-electron chi connectivity index (χ3n) is 6.40. The van der Waals surface area contributed by atoms with E-state index in [4.69, 9.17) is 35.2 Å². The van der Waals surface area contributed by atoms with Gasteiger partial charge in [0.15, 0.2) is 20.5 Å². The molecule has 2 bridgehead atoms. The molecule has 2 fully saturated rings. The molecule has 0 amide bonds. The minimum atomic E-state index is -2.29. The Kier molecular flexibility index (Phi) is 4.89. The first-order valence-corrected chi connectivity index (χ1v) is 13.2. The summed E-state index contributed by atoms with van der Waals surface area (Å²) in [6.07, 6.45) is -2.20. The number of esters is 1. The van der Waals surface area contributed by atoms with E-state index < -0.39 is 37.7 Å². The second kappa shape index (κ2) is 6.80. The van der Waals surface area contributed by atoms with Crippen LogP contribution in [0.1, 0.15) is 33.3 Å². The van der Waals surface area contributed by atoms with Crippen molar-refractivity contribution < 1.29 is 23.4 Å². The zero-order valence-electron chi connectivity index (χ0n) is 17.6. The Balaban J connectivity index is 1.67. The first-order chi connectivity index (χ1) is 13.4. The van der Waals surface area contributed by atoms with Crippen molar-refractivity contribution in [2.45, 2.75) is 81.3 Å². The quantitative estimate of drug-likeness (QED) is 0.406. The summed E-state index contributed by atoms with van der Waals surface area (Å²) in [5.74, 6) is 0.145. The Hall–Kier alpha value is -1.41. The van der Waals surface area contributed by atoms with Crippen molar-refractivity contribution in [2.24, 2.45) is 4.99 Å². The predicted molar refractivity (Wildman–Crippen MR) is 113 cm³/mol. The molecule has 0 aliphatic carbocycles. The van der Waals surface area contributed by atoms with E-state index in [1.165, 1.54) is 6.92 Å². The van der Waals surface area contributed by atoms with Gasteiger partial charge in [-0.3, -0.25) is 4.79 Å². The van der Waals surface area contributed by atoms with E-state index in [0.29, 0.717) is 5.90 Å². The van der Waals surface area contributed by atoms with Gasteiger partial charge in [-0.2, -0.15) is 0 Å². The van der Waals surface area contributed by atoms with E-state index in [2.05, 4.69) is 33.9 Å². The Morgan fingerprint density at radius 1 is 1.21 bits per heavy atom. The molecule has 0 N–H and O–H groups in total. The minimum Gasteiger partial charge on any atom is -0.469 e. The fourth-order valence-corrected chi connectivity index (χ4v) is 6.17. The maximum absolute atomic E-state index is 11.9. The summed E-state index contributed by atoms with van der Waals surface area (Å²) in [4.78, 5) is 16.6. The normalized spacial score (nSPS) is 35.8. The van der Waals surface area contributed by atoms with Gasteiger partial charge in [-0.15, -0.1) is 0 Å². The van der Waals surface area contributed by atoms with Gasteiger partial charge in [0.25, 0.3) is 0 Å². The van der Waals surface area contributed by atoms with Gasteiger partial charge < -0.3 is 18.6 Å². The fraction of sp³-hybridized carbons (Fsp3) is 0.619. The zero-order chi connectivity index (χ0) is 21.2. The Bertz CT molecular complexity index is 839. The van der Waals surface area contributed by atoms with Crippen LogP contribution in [-0.4, -0.2) is 55.7 Å². The molecule has 0 radical (unpaired) electrons. The molecule has 0 unspecified atom stereocenters. The number of hydrogen-bond acceptors (Lipinski definition) is 6. The van der Waals surface area contributed by atoms with Crippen molar-refractivity contribution in [3.63, 3.8) is 0 Å². The number of ether oxygens (including phenoxy) is 3. The fourth-order valence-electron chi connectivity index (χ4n) is 3.93. The molecule has 158 valence electrons. The molecular formula is C21H28ClNO5Si. The molecule has 3 aliphatic heterocycles. The summed E-state index contributed by atoms with van der Waals surface area (Å²) < 4.78 is 24.6. The smallest absolute Gasteiger partial charge is 0.303 e. The van der Waals surface area contributed by atoms with Gasteiger partial charge in [-0.05, 0) is 30.3 Å². The highest BCUT2D eigenvalue weighted by Crippen LogP contribution is 2.55. The zero-order valence-corrected chi connectivity index (χ0v) is 19.4. The molecule has 6 nitrogen and oxygen atoms in total. The molecule has 1 aromatic carbocycles. The number of halogens is 1. The van der Waals surface area contributed by atoms with Gasteiger partial charge in [0.2, 0.25) is 11.0 Å². The number of benzene rings is 1. The number of rotatable bonds is 4. The number of carbonyl (C=O) groups is 1. The molecule has 8 heteroatoms. The summed E-state index contributed by atoms with van der Waals surface area (Å²) in [6, 6.07) is 9.44. The molecule has 1 aromatic rings. The summed E-state index contributed by atoms with van der Waals surface area (Å²) in [6.45, 7) is 12.0. The predicted octanol–water partition coefficient (Wildman–Crippen LogP) is 3.87. The van der Waals surface area contributed by atoms with Crippen LogP contribution in [0.15, 0.2) is 35.3 Å². The summed E-state index contributed by atoms with van der Waals surface area (Å²) in [5, 5.41) is -1.37. The highest BCUT2D eigenvalue weighted by molar-refractivity contribution is 6.74. The molecule has 3 heterocycles. The van der Waals surface area contributed by atoms with Crippen molar-refractivity contribution >= 4 is 31.8 Å². The molecule has 0 spiro atoms. The first kappa shape index (κ1) is 20.8. The first-order valence-electron chi connectivity index (χ1n) is 9.96. The Morgan fingerprint density at radius 3 is 2.45 bits per heavy atom. The topological polar surface area (TPSA) is 66.4 Å². The number of alkyl halides is 1. The van der Waals surface area contributed by atoms with E-state index in [9.17, 15) is 4.79 Å². The second-order valence-corrected chi connectivity index (χ2v) is 14.8. The van der Waals surface area contributed by atoms with Crippen LogP contribution in [0.4, 0.5) is 0 Å². The number of nitrogens with zero attached hydrogens (tertiary/aromatic N) is 1. The van der Waals surface area contributed by atoms with Gasteiger partial charge in [0.1, 0.15) is 18.2 Å². The van der Waals surface area contributed by atoms with Gasteiger partial charge in [-0.25, -0.2) is 4.99 Å². The van der Waals surface area contributed by atoms with Crippen molar-refractivity contribution in [3.8, 4) is 0 Å². The van der Waals surface area contributed by atoms with E-state index in [-0.39, 0.29) is 17.2 Å². The Labute approximate surface area is 177 Å². The standard InChI is InChI=1S/C21H28ClNO5Si/c1-12(24)25-17-15-14-16(27-19(23-14)13-10-8-7-9-11-13)18(26-15)21(17,22)28-29(5,6)20(2,3)4/h7-11,14-18H,1-6H3/t14-,15+,16-,17+,18-,21-/m1/s1. The van der Waals surface area contributed by atoms with Gasteiger partial charge in [-0.1, -0.05) is 50.6 Å². The van der Waals surface area contributed by atoms with Gasteiger partial charge in [0.05, 0.1) is 0 Å². The molecule has 6 atom stereocenters. The second-order valence-electron chi connectivity index (χ2n) is 9.48. The lowest BCUT2D eigenvalue weighted by Crippen LogP contribution is -2.63. The van der Waals surface area contributed by atoms with Crippen molar-refractivity contribution in [2.75, 3.05) is 0 Å².